The van der Waals surface area contributed by atoms with Crippen LogP contribution in [0.4, 0.5) is 5.82 Å². The van der Waals surface area contributed by atoms with Crippen molar-refractivity contribution in [3.05, 3.63) is 22.4 Å². The number of morpholine rings is 1. The first kappa shape index (κ1) is 15.8. The lowest BCUT2D eigenvalue weighted by Crippen LogP contribution is -2.44. The molecule has 0 bridgehead atoms. The fourth-order valence-corrected chi connectivity index (χ4v) is 4.48. The molecule has 0 N–H and O–H groups in total. The molecule has 4 heterocycles. The van der Waals surface area contributed by atoms with Crippen LogP contribution < -0.4 is 4.90 Å². The molecule has 0 radical (unpaired) electrons. The number of aryl methyl sites for hydroxylation is 2. The van der Waals surface area contributed by atoms with E-state index in [1.54, 1.807) is 17.5 Å². The first-order valence-corrected chi connectivity index (χ1v) is 9.05. The number of ether oxygens (including phenoxy) is 1. The highest BCUT2D eigenvalue weighted by atomic mass is 35.5. The Morgan fingerprint density at radius 2 is 2.21 bits per heavy atom. The van der Waals surface area contributed by atoms with Gasteiger partial charge in [-0.15, -0.1) is 11.3 Å². The molecule has 0 aromatic carbocycles. The average Bonchev–Trinajstić information content (AvgIpc) is 3.09. The van der Waals surface area contributed by atoms with Gasteiger partial charge in [0, 0.05) is 30.2 Å². The third-order valence-corrected chi connectivity index (χ3v) is 5.64. The summed E-state index contributed by atoms with van der Waals surface area (Å²) in [5.74, 6) is 0.905. The average molecular weight is 364 g/mol. The summed E-state index contributed by atoms with van der Waals surface area (Å²) in [5.41, 5.74) is 3.02. The van der Waals surface area contributed by atoms with E-state index in [0.717, 1.165) is 33.8 Å². The smallest absolute Gasteiger partial charge is 0.224 e. The second kappa shape index (κ2) is 5.98. The number of halogens is 1. The highest BCUT2D eigenvalue weighted by molar-refractivity contribution is 7.20. The van der Waals surface area contributed by atoms with E-state index in [1.165, 1.54) is 4.88 Å². The molecule has 0 amide bonds. The van der Waals surface area contributed by atoms with Crippen LogP contribution in [0.2, 0.25) is 5.28 Å². The van der Waals surface area contributed by atoms with Crippen molar-refractivity contribution in [1.29, 1.82) is 0 Å². The van der Waals surface area contributed by atoms with Crippen molar-refractivity contribution < 1.29 is 4.74 Å². The minimum Gasteiger partial charge on any atom is -0.377 e. The lowest BCUT2D eigenvalue weighted by molar-refractivity contribution is 0.0987. The molecule has 1 aliphatic heterocycles. The van der Waals surface area contributed by atoms with Gasteiger partial charge in [0.1, 0.15) is 0 Å². The summed E-state index contributed by atoms with van der Waals surface area (Å²) in [6.07, 6.45) is 1.80. The van der Waals surface area contributed by atoms with Crippen molar-refractivity contribution in [3.63, 3.8) is 0 Å². The summed E-state index contributed by atoms with van der Waals surface area (Å²) in [7, 11) is 1.94. The molecule has 1 aliphatic rings. The molecule has 0 unspecified atom stereocenters. The van der Waals surface area contributed by atoms with Crippen LogP contribution in [-0.4, -0.2) is 45.5 Å². The number of hydrogen-bond acceptors (Lipinski definition) is 6. The number of anilines is 1. The van der Waals surface area contributed by atoms with Crippen molar-refractivity contribution >= 4 is 39.0 Å². The third kappa shape index (κ3) is 2.47. The lowest BCUT2D eigenvalue weighted by atomic mass is 10.1. The van der Waals surface area contributed by atoms with Crippen LogP contribution in [0.5, 0.6) is 0 Å². The third-order valence-electron chi connectivity index (χ3n) is 4.38. The molecule has 3 aromatic rings. The van der Waals surface area contributed by atoms with Gasteiger partial charge in [0.25, 0.3) is 0 Å². The van der Waals surface area contributed by atoms with Crippen LogP contribution >= 0.6 is 22.9 Å². The minimum atomic E-state index is 0.260. The normalized spacial score (nSPS) is 18.5. The zero-order chi connectivity index (χ0) is 16.8. The molecule has 4 rings (SSSR count). The van der Waals surface area contributed by atoms with Gasteiger partial charge in [-0.05, 0) is 31.5 Å². The van der Waals surface area contributed by atoms with Gasteiger partial charge in [-0.3, -0.25) is 4.68 Å². The van der Waals surface area contributed by atoms with E-state index in [2.05, 4.69) is 33.8 Å². The molecule has 8 heteroatoms. The number of thiophene rings is 1. The van der Waals surface area contributed by atoms with Gasteiger partial charge >= 0.3 is 0 Å². The predicted octanol–water partition coefficient (Wildman–Crippen LogP) is 3.28. The number of hydrogen-bond donors (Lipinski definition) is 0. The van der Waals surface area contributed by atoms with E-state index < -0.39 is 0 Å². The van der Waals surface area contributed by atoms with Crippen LogP contribution in [0.1, 0.15) is 11.8 Å². The highest BCUT2D eigenvalue weighted by Crippen LogP contribution is 2.41. The summed E-state index contributed by atoms with van der Waals surface area (Å²) >= 11 is 7.98. The van der Waals surface area contributed by atoms with Crippen LogP contribution in [0, 0.1) is 6.92 Å². The van der Waals surface area contributed by atoms with E-state index >= 15 is 0 Å². The fraction of sp³-hybridized carbons (Fsp3) is 0.438. The Labute approximate surface area is 149 Å². The molecule has 1 saturated heterocycles. The lowest BCUT2D eigenvalue weighted by Gasteiger charge is -2.34. The van der Waals surface area contributed by atoms with Crippen LogP contribution in [0.3, 0.4) is 0 Å². The van der Waals surface area contributed by atoms with E-state index in [1.807, 2.05) is 17.8 Å². The quantitative estimate of drug-likeness (QED) is 0.654. The van der Waals surface area contributed by atoms with Crippen molar-refractivity contribution in [2.45, 2.75) is 19.9 Å². The molecule has 1 fully saturated rings. The van der Waals surface area contributed by atoms with Crippen molar-refractivity contribution in [2.75, 3.05) is 24.7 Å². The molecule has 0 saturated carbocycles. The maximum absolute atomic E-state index is 6.28. The Bertz CT molecular complexity index is 905. The summed E-state index contributed by atoms with van der Waals surface area (Å²) in [5, 5.41) is 4.56. The second-order valence-electron chi connectivity index (χ2n) is 5.98. The first-order valence-electron chi connectivity index (χ1n) is 7.85. The van der Waals surface area contributed by atoms with Gasteiger partial charge in [-0.25, -0.2) is 4.98 Å². The monoisotopic (exact) mass is 363 g/mol. The van der Waals surface area contributed by atoms with Crippen LogP contribution in [-0.2, 0) is 11.8 Å². The van der Waals surface area contributed by atoms with Gasteiger partial charge in [-0.2, -0.15) is 10.1 Å². The van der Waals surface area contributed by atoms with Gasteiger partial charge in [0.05, 0.1) is 35.2 Å². The van der Waals surface area contributed by atoms with E-state index in [0.29, 0.717) is 13.2 Å². The zero-order valence-electron chi connectivity index (χ0n) is 13.8. The van der Waals surface area contributed by atoms with Gasteiger partial charge in [0.2, 0.25) is 5.28 Å². The van der Waals surface area contributed by atoms with E-state index in [-0.39, 0.29) is 11.3 Å². The van der Waals surface area contributed by atoms with Crippen LogP contribution in [0.15, 0.2) is 12.3 Å². The number of fused-ring (bicyclic) bond motifs is 1. The van der Waals surface area contributed by atoms with E-state index in [4.69, 9.17) is 16.3 Å². The summed E-state index contributed by atoms with van der Waals surface area (Å²) in [6.45, 7) is 6.45. The SMILES string of the molecule is Cc1sc2c(N3CCOC[C@H]3C)nc(Cl)nc2c1-c1ccnn1C. The first-order chi connectivity index (χ1) is 11.6. The molecule has 6 nitrogen and oxygen atoms in total. The summed E-state index contributed by atoms with van der Waals surface area (Å²) in [4.78, 5) is 12.5. The Kier molecular flexibility index (Phi) is 3.94. The molecule has 126 valence electrons. The summed E-state index contributed by atoms with van der Waals surface area (Å²) in [6, 6.07) is 2.26. The highest BCUT2D eigenvalue weighted by Gasteiger charge is 2.26. The zero-order valence-corrected chi connectivity index (χ0v) is 15.4. The van der Waals surface area contributed by atoms with Crippen molar-refractivity contribution in [1.82, 2.24) is 19.7 Å². The number of aromatic nitrogens is 4. The Morgan fingerprint density at radius 3 is 2.92 bits per heavy atom. The molecule has 24 heavy (non-hydrogen) atoms. The Hall–Kier alpha value is -1.70. The molecule has 3 aromatic heterocycles. The number of rotatable bonds is 2. The van der Waals surface area contributed by atoms with Gasteiger partial charge in [-0.1, -0.05) is 0 Å². The van der Waals surface area contributed by atoms with Crippen molar-refractivity contribution in [2.24, 2.45) is 7.05 Å². The molecular weight excluding hydrogens is 346 g/mol. The van der Waals surface area contributed by atoms with Gasteiger partial charge < -0.3 is 9.64 Å². The van der Waals surface area contributed by atoms with Crippen LogP contribution in [0.25, 0.3) is 21.5 Å². The molecule has 1 atom stereocenters. The largest absolute Gasteiger partial charge is 0.377 e. The predicted molar refractivity (Wildman–Crippen MR) is 97.0 cm³/mol. The molecule has 0 spiro atoms. The standard InChI is InChI=1S/C16H18ClN5OS/c1-9-8-23-7-6-22(9)15-14-13(19-16(17)20-15)12(10(2)24-14)11-4-5-18-21(11)3/h4-5,9H,6-8H2,1-3H3/t9-/m1/s1. The van der Waals surface area contributed by atoms with Gasteiger partial charge in [0.15, 0.2) is 5.82 Å². The maximum atomic E-state index is 6.28. The topological polar surface area (TPSA) is 56.1 Å². The molecule has 0 aliphatic carbocycles. The maximum Gasteiger partial charge on any atom is 0.224 e. The molecular formula is C16H18ClN5OS. The second-order valence-corrected chi connectivity index (χ2v) is 7.55. The number of nitrogens with zero attached hydrogens (tertiary/aromatic N) is 5. The van der Waals surface area contributed by atoms with E-state index in [9.17, 15) is 0 Å². The fourth-order valence-electron chi connectivity index (χ4n) is 3.20. The minimum absolute atomic E-state index is 0.260. The Morgan fingerprint density at radius 1 is 1.38 bits per heavy atom. The van der Waals surface area contributed by atoms with Crippen molar-refractivity contribution in [3.8, 4) is 11.3 Å². The summed E-state index contributed by atoms with van der Waals surface area (Å²) < 4.78 is 8.49. The Balaban J connectivity index is 1.96.